The summed E-state index contributed by atoms with van der Waals surface area (Å²) >= 11 is 0. The molecule has 1 aromatic carbocycles. The Labute approximate surface area is 148 Å². The van der Waals surface area contributed by atoms with Crippen LogP contribution in [0.1, 0.15) is 38.7 Å². The van der Waals surface area contributed by atoms with E-state index in [-0.39, 0.29) is 30.6 Å². The number of hydrogen-bond acceptors (Lipinski definition) is 4. The fourth-order valence-electron chi connectivity index (χ4n) is 3.33. The number of likely N-dealkylation sites (tertiary alicyclic amines) is 1. The van der Waals surface area contributed by atoms with Gasteiger partial charge < -0.3 is 19.7 Å². The van der Waals surface area contributed by atoms with Gasteiger partial charge in [-0.1, -0.05) is 6.07 Å². The van der Waals surface area contributed by atoms with Gasteiger partial charge in [0.05, 0.1) is 5.92 Å². The SMILES string of the molecule is CC(C)NC(=O)[C@H]1CCCN(C(=O)CCc2ccc3c(c2)OCO3)C1. The van der Waals surface area contributed by atoms with Crippen LogP contribution in [0.5, 0.6) is 11.5 Å². The van der Waals surface area contributed by atoms with Crippen LogP contribution in [0.15, 0.2) is 18.2 Å². The molecule has 2 amide bonds. The van der Waals surface area contributed by atoms with Crippen LogP contribution in [0, 0.1) is 5.92 Å². The Hall–Kier alpha value is -2.24. The minimum atomic E-state index is -0.0920. The number of amides is 2. The van der Waals surface area contributed by atoms with E-state index >= 15 is 0 Å². The highest BCUT2D eigenvalue weighted by molar-refractivity contribution is 5.81. The van der Waals surface area contributed by atoms with Crippen LogP contribution in [0.3, 0.4) is 0 Å². The van der Waals surface area contributed by atoms with E-state index in [1.807, 2.05) is 36.9 Å². The summed E-state index contributed by atoms with van der Waals surface area (Å²) in [5.74, 6) is 1.58. The molecule has 0 bridgehead atoms. The van der Waals surface area contributed by atoms with Crippen LogP contribution < -0.4 is 14.8 Å². The Morgan fingerprint density at radius 3 is 2.88 bits per heavy atom. The molecule has 6 nitrogen and oxygen atoms in total. The minimum absolute atomic E-state index is 0.0586. The molecule has 136 valence electrons. The lowest BCUT2D eigenvalue weighted by molar-refractivity contribution is -0.135. The van der Waals surface area contributed by atoms with Gasteiger partial charge >= 0.3 is 0 Å². The van der Waals surface area contributed by atoms with Gasteiger partial charge in [-0.25, -0.2) is 0 Å². The third-order valence-electron chi connectivity index (χ3n) is 4.64. The molecule has 2 heterocycles. The number of nitrogens with one attached hydrogen (secondary N) is 1. The van der Waals surface area contributed by atoms with Crippen LogP contribution in [0.4, 0.5) is 0 Å². The van der Waals surface area contributed by atoms with Gasteiger partial charge in [0.2, 0.25) is 18.6 Å². The first-order chi connectivity index (χ1) is 12.0. The Balaban J connectivity index is 1.51. The normalized spacial score (nSPS) is 19.2. The summed E-state index contributed by atoms with van der Waals surface area (Å²) in [4.78, 5) is 26.6. The molecule has 25 heavy (non-hydrogen) atoms. The summed E-state index contributed by atoms with van der Waals surface area (Å²) in [6, 6.07) is 5.92. The minimum Gasteiger partial charge on any atom is -0.454 e. The number of benzene rings is 1. The topological polar surface area (TPSA) is 67.9 Å². The van der Waals surface area contributed by atoms with Crippen LogP contribution >= 0.6 is 0 Å². The smallest absolute Gasteiger partial charge is 0.231 e. The van der Waals surface area contributed by atoms with E-state index in [1.165, 1.54) is 0 Å². The fraction of sp³-hybridized carbons (Fsp3) is 0.579. The number of carbonyl (C=O) groups is 2. The summed E-state index contributed by atoms with van der Waals surface area (Å²) in [5, 5.41) is 2.95. The van der Waals surface area contributed by atoms with Gasteiger partial charge in [-0.2, -0.15) is 0 Å². The molecule has 0 saturated carbocycles. The van der Waals surface area contributed by atoms with E-state index in [9.17, 15) is 9.59 Å². The van der Waals surface area contributed by atoms with E-state index in [2.05, 4.69) is 5.32 Å². The Kier molecular flexibility index (Phi) is 5.46. The molecule has 1 aromatic rings. The Morgan fingerprint density at radius 2 is 2.08 bits per heavy atom. The number of piperidine rings is 1. The molecule has 2 aliphatic rings. The molecule has 0 aliphatic carbocycles. The summed E-state index contributed by atoms with van der Waals surface area (Å²) < 4.78 is 10.7. The molecule has 0 radical (unpaired) electrons. The molecule has 0 unspecified atom stereocenters. The van der Waals surface area contributed by atoms with Gasteiger partial charge in [-0.15, -0.1) is 0 Å². The molecule has 0 spiro atoms. The first kappa shape index (κ1) is 17.6. The van der Waals surface area contributed by atoms with Crippen molar-refractivity contribution in [2.24, 2.45) is 5.92 Å². The van der Waals surface area contributed by atoms with Gasteiger partial charge in [0, 0.05) is 25.6 Å². The molecule has 3 rings (SSSR count). The van der Waals surface area contributed by atoms with Crippen molar-refractivity contribution in [2.45, 2.75) is 45.6 Å². The third kappa shape index (κ3) is 4.44. The van der Waals surface area contributed by atoms with Crippen molar-refractivity contribution in [2.75, 3.05) is 19.9 Å². The zero-order chi connectivity index (χ0) is 17.8. The van der Waals surface area contributed by atoms with Crippen molar-refractivity contribution in [1.29, 1.82) is 0 Å². The summed E-state index contributed by atoms with van der Waals surface area (Å²) in [7, 11) is 0. The number of fused-ring (bicyclic) bond motifs is 1. The lowest BCUT2D eigenvalue weighted by atomic mass is 9.96. The molecule has 2 aliphatic heterocycles. The van der Waals surface area contributed by atoms with E-state index in [0.717, 1.165) is 36.4 Å². The quantitative estimate of drug-likeness (QED) is 0.887. The molecule has 1 fully saturated rings. The van der Waals surface area contributed by atoms with E-state index in [0.29, 0.717) is 19.4 Å². The predicted octanol–water partition coefficient (Wildman–Crippen LogP) is 2.11. The van der Waals surface area contributed by atoms with Crippen molar-refractivity contribution < 1.29 is 19.1 Å². The number of ether oxygens (including phenoxy) is 2. The average molecular weight is 346 g/mol. The van der Waals surface area contributed by atoms with Gasteiger partial charge in [-0.3, -0.25) is 9.59 Å². The van der Waals surface area contributed by atoms with Gasteiger partial charge in [0.15, 0.2) is 11.5 Å². The summed E-state index contributed by atoms with van der Waals surface area (Å²) in [5.41, 5.74) is 1.06. The number of carbonyl (C=O) groups excluding carboxylic acids is 2. The number of aryl methyl sites for hydroxylation is 1. The second-order valence-electron chi connectivity index (χ2n) is 7.03. The van der Waals surface area contributed by atoms with Gasteiger partial charge in [0.25, 0.3) is 0 Å². The highest BCUT2D eigenvalue weighted by Gasteiger charge is 2.28. The maximum Gasteiger partial charge on any atom is 0.231 e. The van der Waals surface area contributed by atoms with Crippen molar-refractivity contribution >= 4 is 11.8 Å². The predicted molar refractivity (Wildman–Crippen MR) is 93.5 cm³/mol. The molecule has 0 aromatic heterocycles. The summed E-state index contributed by atoms with van der Waals surface area (Å²) in [6.45, 7) is 5.43. The largest absolute Gasteiger partial charge is 0.454 e. The van der Waals surface area contributed by atoms with Crippen LogP contribution in [-0.2, 0) is 16.0 Å². The Morgan fingerprint density at radius 1 is 1.28 bits per heavy atom. The van der Waals surface area contributed by atoms with E-state index in [4.69, 9.17) is 9.47 Å². The molecule has 6 heteroatoms. The lowest BCUT2D eigenvalue weighted by Gasteiger charge is -2.32. The third-order valence-corrected chi connectivity index (χ3v) is 4.64. The molecule has 1 N–H and O–H groups in total. The monoisotopic (exact) mass is 346 g/mol. The molecule has 1 atom stereocenters. The number of rotatable bonds is 5. The van der Waals surface area contributed by atoms with Crippen molar-refractivity contribution in [1.82, 2.24) is 10.2 Å². The van der Waals surface area contributed by atoms with Crippen LogP contribution in [-0.4, -0.2) is 42.6 Å². The van der Waals surface area contributed by atoms with Crippen molar-refractivity contribution in [3.63, 3.8) is 0 Å². The first-order valence-electron chi connectivity index (χ1n) is 8.99. The fourth-order valence-corrected chi connectivity index (χ4v) is 3.33. The van der Waals surface area contributed by atoms with Crippen molar-refractivity contribution in [3.05, 3.63) is 23.8 Å². The number of hydrogen-bond donors (Lipinski definition) is 1. The van der Waals surface area contributed by atoms with E-state index in [1.54, 1.807) is 0 Å². The van der Waals surface area contributed by atoms with Crippen LogP contribution in [0.25, 0.3) is 0 Å². The second-order valence-corrected chi connectivity index (χ2v) is 7.03. The maximum atomic E-state index is 12.5. The van der Waals surface area contributed by atoms with Gasteiger partial charge in [0.1, 0.15) is 0 Å². The average Bonchev–Trinajstić information content (AvgIpc) is 3.07. The highest BCUT2D eigenvalue weighted by atomic mass is 16.7. The highest BCUT2D eigenvalue weighted by Crippen LogP contribution is 2.32. The standard InChI is InChI=1S/C19H26N2O4/c1-13(2)20-19(23)15-4-3-9-21(11-15)18(22)8-6-14-5-7-16-17(10-14)25-12-24-16/h5,7,10,13,15H,3-4,6,8-9,11-12H2,1-2H3,(H,20,23)/t15-/m0/s1. The van der Waals surface area contributed by atoms with E-state index < -0.39 is 0 Å². The summed E-state index contributed by atoms with van der Waals surface area (Å²) in [6.07, 6.45) is 2.84. The number of nitrogens with zero attached hydrogens (tertiary/aromatic N) is 1. The molecule has 1 saturated heterocycles. The molecular weight excluding hydrogens is 320 g/mol. The molecular formula is C19H26N2O4. The second kappa shape index (κ2) is 7.76. The Bertz CT molecular complexity index is 644. The first-order valence-corrected chi connectivity index (χ1v) is 8.99. The van der Waals surface area contributed by atoms with Crippen LogP contribution in [0.2, 0.25) is 0 Å². The zero-order valence-electron chi connectivity index (χ0n) is 14.9. The lowest BCUT2D eigenvalue weighted by Crippen LogP contribution is -2.46. The van der Waals surface area contributed by atoms with Crippen molar-refractivity contribution in [3.8, 4) is 11.5 Å². The van der Waals surface area contributed by atoms with Gasteiger partial charge in [-0.05, 0) is 50.8 Å². The zero-order valence-corrected chi connectivity index (χ0v) is 14.9. The maximum absolute atomic E-state index is 12.5.